The van der Waals surface area contributed by atoms with Crippen molar-refractivity contribution in [2.75, 3.05) is 19.6 Å². The van der Waals surface area contributed by atoms with Gasteiger partial charge in [0.2, 0.25) is 0 Å². The zero-order chi connectivity index (χ0) is 31.7. The number of carbonyl (C=O) groups excluding carboxylic acids is 3. The monoisotopic (exact) mass is 734 g/mol. The first-order valence-electron chi connectivity index (χ1n) is 12.4. The number of nitrogens with one attached hydrogen (secondary N) is 3. The average molecular weight is 733 g/mol. The van der Waals surface area contributed by atoms with E-state index in [2.05, 4.69) is 30.9 Å². The van der Waals surface area contributed by atoms with Gasteiger partial charge in [0.15, 0.2) is 0 Å². The van der Waals surface area contributed by atoms with Crippen LogP contribution >= 0.6 is 0 Å². The predicted molar refractivity (Wildman–Crippen MR) is 148 cm³/mol. The van der Waals surface area contributed by atoms with Crippen LogP contribution in [0.5, 0.6) is 0 Å². The maximum atomic E-state index is 11.3. The van der Waals surface area contributed by atoms with Crippen molar-refractivity contribution in [2.24, 2.45) is 0 Å². The van der Waals surface area contributed by atoms with Gasteiger partial charge in [-0.3, -0.25) is 14.4 Å². The van der Waals surface area contributed by atoms with Crippen molar-refractivity contribution in [1.29, 1.82) is 0 Å². The van der Waals surface area contributed by atoms with Gasteiger partial charge in [0.25, 0.3) is 17.7 Å². The van der Waals surface area contributed by atoms with E-state index < -0.39 is 17.9 Å². The van der Waals surface area contributed by atoms with E-state index in [1.807, 2.05) is 0 Å². The van der Waals surface area contributed by atoms with Crippen molar-refractivity contribution in [3.05, 3.63) is 88.8 Å². The Morgan fingerprint density at radius 1 is 0.488 bits per heavy atom. The van der Waals surface area contributed by atoms with Gasteiger partial charge in [0, 0.05) is 60.0 Å². The van der Waals surface area contributed by atoms with E-state index in [4.69, 9.17) is 15.3 Å². The molecular formula is C27H30N6O9Sm. The molecule has 6 N–H and O–H groups in total. The number of aromatic nitrogens is 3. The number of nitrogens with zero attached hydrogens (tertiary/aromatic N) is 3. The molecule has 0 spiro atoms. The molecule has 43 heavy (non-hydrogen) atoms. The molecule has 0 aliphatic heterocycles. The molecule has 0 saturated heterocycles. The normalized spacial score (nSPS) is 9.28. The van der Waals surface area contributed by atoms with Gasteiger partial charge in [0.1, 0.15) is 34.2 Å². The Labute approximate surface area is 278 Å². The molecule has 15 nitrogen and oxygen atoms in total. The Morgan fingerprint density at radius 2 is 0.698 bits per heavy atom. The summed E-state index contributed by atoms with van der Waals surface area (Å²) in [6, 6.07) is 12.9. The quantitative estimate of drug-likeness (QED) is 0.184. The smallest absolute Gasteiger partial charge is 0.354 e. The van der Waals surface area contributed by atoms with Gasteiger partial charge in [-0.25, -0.2) is 29.3 Å². The first-order chi connectivity index (χ1) is 19.9. The Hall–Kier alpha value is -4.39. The second-order valence-electron chi connectivity index (χ2n) is 7.72. The Morgan fingerprint density at radius 3 is 0.884 bits per heavy atom. The SMILES string of the molecule is CCNC(=O)c1cccc(C(=O)O)n1.CCNC(=O)c1cccc(C(=O)O)n1.CCNC(=O)c1cccc(C(=O)O)n1.[Sm]. The van der Waals surface area contributed by atoms with Crippen molar-refractivity contribution in [1.82, 2.24) is 30.9 Å². The molecule has 3 aromatic heterocycles. The minimum atomic E-state index is -1.14. The maximum Gasteiger partial charge on any atom is 0.354 e. The fraction of sp³-hybridized carbons (Fsp3) is 0.222. The number of pyridine rings is 3. The van der Waals surface area contributed by atoms with E-state index in [0.717, 1.165) is 0 Å². The number of carboxylic acids is 3. The van der Waals surface area contributed by atoms with Crippen LogP contribution in [0.3, 0.4) is 0 Å². The molecule has 0 fully saturated rings. The molecule has 0 aliphatic carbocycles. The van der Waals surface area contributed by atoms with Gasteiger partial charge in [0.05, 0.1) is 0 Å². The maximum absolute atomic E-state index is 11.3. The van der Waals surface area contributed by atoms with Crippen LogP contribution in [0, 0.1) is 40.4 Å². The van der Waals surface area contributed by atoms with Crippen LogP contribution in [0.2, 0.25) is 0 Å². The van der Waals surface area contributed by atoms with Crippen molar-refractivity contribution in [3.8, 4) is 0 Å². The largest absolute Gasteiger partial charge is 0.477 e. The van der Waals surface area contributed by atoms with Crippen molar-refractivity contribution >= 4 is 35.6 Å². The van der Waals surface area contributed by atoms with E-state index in [1.54, 1.807) is 20.8 Å². The molecule has 3 rings (SSSR count). The van der Waals surface area contributed by atoms with Gasteiger partial charge >= 0.3 is 17.9 Å². The third-order valence-electron chi connectivity index (χ3n) is 4.61. The predicted octanol–water partition coefficient (Wildman–Crippen LogP) is 1.59. The molecular weight excluding hydrogens is 703 g/mol. The number of hydrogen-bond donors (Lipinski definition) is 6. The molecule has 3 amide bonds. The summed E-state index contributed by atoms with van der Waals surface area (Å²) in [6.45, 7) is 6.78. The molecule has 0 saturated carbocycles. The summed E-state index contributed by atoms with van der Waals surface area (Å²) in [6.07, 6.45) is 0. The Kier molecular flexibility index (Phi) is 18.4. The first-order valence-corrected chi connectivity index (χ1v) is 12.4. The van der Waals surface area contributed by atoms with Gasteiger partial charge in [-0.1, -0.05) is 18.2 Å². The summed E-state index contributed by atoms with van der Waals surface area (Å²) in [5.74, 6) is -4.52. The fourth-order valence-electron chi connectivity index (χ4n) is 2.79. The second-order valence-corrected chi connectivity index (χ2v) is 7.72. The van der Waals surface area contributed by atoms with Crippen molar-refractivity contribution < 1.29 is 84.5 Å². The number of aromatic carboxylic acids is 3. The molecule has 0 radical (unpaired) electrons. The molecule has 0 atom stereocenters. The van der Waals surface area contributed by atoms with Crippen LogP contribution in [-0.4, -0.2) is 85.5 Å². The molecule has 0 bridgehead atoms. The van der Waals surface area contributed by atoms with Crippen LogP contribution < -0.4 is 16.0 Å². The summed E-state index contributed by atoms with van der Waals surface area (Å²) in [5, 5.41) is 33.5. The standard InChI is InChI=1S/3C9H10N2O3.Sm/c3*1-2-10-8(12)6-4-3-5-7(11-6)9(13)14;/h3*3-5H,2H2,1H3,(H,10,12)(H,13,14);. The van der Waals surface area contributed by atoms with Crippen LogP contribution in [-0.2, 0) is 0 Å². The fourth-order valence-corrected chi connectivity index (χ4v) is 2.79. The van der Waals surface area contributed by atoms with E-state index in [0.29, 0.717) is 19.6 Å². The van der Waals surface area contributed by atoms with Crippen LogP contribution in [0.25, 0.3) is 0 Å². The zero-order valence-corrected chi connectivity index (χ0v) is 26.0. The number of hydrogen-bond acceptors (Lipinski definition) is 9. The summed E-state index contributed by atoms with van der Waals surface area (Å²) in [4.78, 5) is 76.4. The third kappa shape index (κ3) is 13.9. The molecule has 0 aromatic carbocycles. The van der Waals surface area contributed by atoms with Gasteiger partial charge in [-0.2, -0.15) is 0 Å². The third-order valence-corrected chi connectivity index (χ3v) is 4.61. The van der Waals surface area contributed by atoms with Gasteiger partial charge < -0.3 is 31.3 Å². The van der Waals surface area contributed by atoms with Crippen molar-refractivity contribution in [2.45, 2.75) is 20.8 Å². The first kappa shape index (κ1) is 38.6. The molecule has 3 heterocycles. The summed E-state index contributed by atoms with van der Waals surface area (Å²) < 4.78 is 0. The number of carboxylic acid groups (broad SMARTS) is 3. The molecule has 0 aliphatic rings. The second kappa shape index (κ2) is 20.5. The van der Waals surface area contributed by atoms with E-state index >= 15 is 0 Å². The van der Waals surface area contributed by atoms with E-state index in [-0.39, 0.29) is 92.3 Å². The Balaban J connectivity index is 0.000000608. The summed E-state index contributed by atoms with van der Waals surface area (Å²) in [5.41, 5.74) is -0.0403. The van der Waals surface area contributed by atoms with E-state index in [9.17, 15) is 28.8 Å². The summed E-state index contributed by atoms with van der Waals surface area (Å²) >= 11 is 0. The Bertz CT molecular complexity index is 1270. The zero-order valence-electron chi connectivity index (χ0n) is 23.4. The van der Waals surface area contributed by atoms with Crippen LogP contribution in [0.4, 0.5) is 0 Å². The molecule has 16 heteroatoms. The number of carbonyl (C=O) groups is 6. The topological polar surface area (TPSA) is 238 Å². The van der Waals surface area contributed by atoms with Crippen LogP contribution in [0.1, 0.15) is 83.7 Å². The van der Waals surface area contributed by atoms with Gasteiger partial charge in [-0.15, -0.1) is 0 Å². The number of amides is 3. The molecule has 0 unspecified atom stereocenters. The van der Waals surface area contributed by atoms with Crippen molar-refractivity contribution in [3.63, 3.8) is 0 Å². The van der Waals surface area contributed by atoms with Crippen LogP contribution in [0.15, 0.2) is 54.6 Å². The molecule has 3 aromatic rings. The summed E-state index contributed by atoms with van der Waals surface area (Å²) in [7, 11) is 0. The molecule has 228 valence electrons. The minimum absolute atomic E-state index is 0. The minimum Gasteiger partial charge on any atom is -0.477 e. The van der Waals surface area contributed by atoms with E-state index in [1.165, 1.54) is 54.6 Å². The van der Waals surface area contributed by atoms with Gasteiger partial charge in [-0.05, 0) is 57.2 Å². The number of rotatable bonds is 9. The average Bonchev–Trinajstić information content (AvgIpc) is 2.98.